The van der Waals surface area contributed by atoms with Crippen molar-refractivity contribution in [2.24, 2.45) is 10.9 Å². The largest absolute Gasteiger partial charge is 0.494 e. The first-order chi connectivity index (χ1) is 40.5. The van der Waals surface area contributed by atoms with E-state index in [1.807, 2.05) is 109 Å². The number of amidine groups is 1. The number of aromatic amines is 4. The quantitative estimate of drug-likeness (QED) is 0.0331. The van der Waals surface area contributed by atoms with Crippen LogP contribution in [0.25, 0.3) is 134 Å². The summed E-state index contributed by atoms with van der Waals surface area (Å²) in [5.74, 6) is 0.836. The van der Waals surface area contributed by atoms with E-state index in [4.69, 9.17) is 33.9 Å². The van der Waals surface area contributed by atoms with Crippen LogP contribution >= 0.6 is 0 Å². The molecule has 0 spiro atoms. The lowest BCUT2D eigenvalue weighted by atomic mass is 10.1. The minimum absolute atomic E-state index is 0.0175. The molecule has 21 heteroatoms. The van der Waals surface area contributed by atoms with Gasteiger partial charge in [-0.25, -0.2) is 24.3 Å². The standard InChI is InChI=1S/C16H12N4O3.C16H9N3O2.C15H9FN2O2.C15H10N2O2/c17-14(20-22)8-5-6-10-9(7-8)13(15(21)18-10)16-19-11-3-1-2-4-12(11)23-16;17-8-9-5-6-11-10(7-9)14(15(20)18-11)16-19-12-3-1-2-4-13(12)21-16;16-8-5-6-10-9(7-8)13(14(19)17-10)15-18-11-3-1-2-4-12(11)20-15;18-14-13(9-5-1-2-6-10(9)16-14)15-17-11-7-3-4-8-12(11)19-15/h1-7,18,21-22H,(H2,17,20);1-7,18,20H;1-7,17,19H;1-8,16,18H. The van der Waals surface area contributed by atoms with Crippen molar-refractivity contribution in [2.45, 2.75) is 0 Å². The fourth-order valence-electron chi connectivity index (χ4n) is 9.70. The highest BCUT2D eigenvalue weighted by atomic mass is 19.1. The second-order valence-corrected chi connectivity index (χ2v) is 18.7. The molecular formula is C62H40FN11O9. The molecule has 0 aliphatic rings. The van der Waals surface area contributed by atoms with Crippen LogP contribution < -0.4 is 5.73 Å². The van der Waals surface area contributed by atoms with Crippen LogP contribution in [-0.2, 0) is 0 Å². The molecule has 16 aromatic rings. The molecule has 0 fully saturated rings. The van der Waals surface area contributed by atoms with Crippen molar-refractivity contribution >= 4 is 93.8 Å². The van der Waals surface area contributed by atoms with Gasteiger partial charge < -0.3 is 69.0 Å². The second kappa shape index (κ2) is 20.5. The topological polar surface area (TPSA) is 331 Å². The maximum absolute atomic E-state index is 13.4. The van der Waals surface area contributed by atoms with Crippen LogP contribution in [0.15, 0.2) is 199 Å². The van der Waals surface area contributed by atoms with E-state index < -0.39 is 0 Å². The maximum atomic E-state index is 13.4. The number of aromatic nitrogens is 8. The Kier molecular flexibility index (Phi) is 12.4. The van der Waals surface area contributed by atoms with Crippen molar-refractivity contribution < 1.29 is 47.7 Å². The first kappa shape index (κ1) is 50.2. The number of H-pyrrole nitrogens is 4. The monoisotopic (exact) mass is 1100 g/mol. The van der Waals surface area contributed by atoms with Crippen LogP contribution in [0, 0.1) is 17.1 Å². The molecule has 0 bridgehead atoms. The van der Waals surface area contributed by atoms with Gasteiger partial charge in [-0.05, 0) is 109 Å². The van der Waals surface area contributed by atoms with Crippen LogP contribution in [-0.4, -0.2) is 71.3 Å². The number of nitrogens with two attached hydrogens (primary N) is 1. The predicted octanol–water partition coefficient (Wildman–Crippen LogP) is 13.8. The van der Waals surface area contributed by atoms with Gasteiger partial charge in [0.05, 0.1) is 11.6 Å². The zero-order valence-corrected chi connectivity index (χ0v) is 42.8. The normalized spacial score (nSPS) is 11.5. The molecule has 8 heterocycles. The van der Waals surface area contributed by atoms with Crippen molar-refractivity contribution in [3.63, 3.8) is 0 Å². The van der Waals surface area contributed by atoms with E-state index in [1.165, 1.54) is 12.1 Å². The Morgan fingerprint density at radius 1 is 0.434 bits per heavy atom. The van der Waals surface area contributed by atoms with Crippen molar-refractivity contribution in [1.29, 1.82) is 5.26 Å². The molecule has 8 aromatic carbocycles. The van der Waals surface area contributed by atoms with Gasteiger partial charge in [-0.2, -0.15) is 5.26 Å². The minimum atomic E-state index is -0.381. The number of nitrogens with zero attached hydrogens (tertiary/aromatic N) is 6. The van der Waals surface area contributed by atoms with Gasteiger partial charge in [-0.3, -0.25) is 0 Å². The Balaban J connectivity index is 0.000000104. The Morgan fingerprint density at radius 3 is 1.20 bits per heavy atom. The summed E-state index contributed by atoms with van der Waals surface area (Å²) in [5.41, 5.74) is 16.9. The van der Waals surface area contributed by atoms with Gasteiger partial charge in [0.1, 0.15) is 50.1 Å². The average Bonchev–Trinajstić information content (AvgIpc) is 4.53. The van der Waals surface area contributed by atoms with Gasteiger partial charge in [0.25, 0.3) is 0 Å². The van der Waals surface area contributed by atoms with E-state index in [9.17, 15) is 24.8 Å². The zero-order chi connectivity index (χ0) is 56.9. The van der Waals surface area contributed by atoms with Crippen LogP contribution in [0.4, 0.5) is 4.39 Å². The Morgan fingerprint density at radius 2 is 0.783 bits per heavy atom. The van der Waals surface area contributed by atoms with E-state index in [-0.39, 0.29) is 41.1 Å². The number of fused-ring (bicyclic) bond motifs is 8. The second-order valence-electron chi connectivity index (χ2n) is 18.7. The summed E-state index contributed by atoms with van der Waals surface area (Å²) in [6, 6.07) is 53.8. The van der Waals surface area contributed by atoms with E-state index >= 15 is 0 Å². The van der Waals surface area contributed by atoms with Crippen LogP contribution in [0.1, 0.15) is 11.1 Å². The Bertz CT molecular complexity index is 5070. The molecule has 0 atom stereocenters. The summed E-state index contributed by atoms with van der Waals surface area (Å²) >= 11 is 0. The van der Waals surface area contributed by atoms with Crippen LogP contribution in [0.3, 0.4) is 0 Å². The number of para-hydroxylation sites is 9. The van der Waals surface area contributed by atoms with Crippen molar-refractivity contribution in [3.8, 4) is 75.4 Å². The molecule has 16 rings (SSSR count). The van der Waals surface area contributed by atoms with Gasteiger partial charge in [0, 0.05) is 49.2 Å². The molecule has 404 valence electrons. The number of oxime groups is 1. The van der Waals surface area contributed by atoms with Crippen LogP contribution in [0.5, 0.6) is 23.5 Å². The van der Waals surface area contributed by atoms with Gasteiger partial charge >= 0.3 is 0 Å². The van der Waals surface area contributed by atoms with E-state index in [1.54, 1.807) is 54.6 Å². The number of hydrogen-bond donors (Lipinski definition) is 10. The summed E-state index contributed by atoms with van der Waals surface area (Å²) in [6.45, 7) is 0. The SMILES string of the molecule is N#Cc1ccc2[nH]c(O)c(-c3nc4ccccc4o3)c2c1.NC(=NO)c1ccc2[nH]c(O)c(-c3nc4ccccc4o3)c2c1.Oc1[nH]c2ccc(F)cc2c1-c1nc2ccccc2o1.Oc1[nH]c2ccccc2c1-c1nc2ccccc2o1. The third-order valence-corrected chi connectivity index (χ3v) is 13.5. The molecule has 20 nitrogen and oxygen atoms in total. The van der Waals surface area contributed by atoms with Gasteiger partial charge in [-0.1, -0.05) is 71.9 Å². The smallest absolute Gasteiger partial charge is 0.233 e. The number of benzene rings is 8. The Hall–Kier alpha value is -12.3. The fourth-order valence-corrected chi connectivity index (χ4v) is 9.70. The first-order valence-electron chi connectivity index (χ1n) is 25.3. The average molecular weight is 1100 g/mol. The summed E-state index contributed by atoms with van der Waals surface area (Å²) in [5, 5.41) is 64.1. The molecular weight excluding hydrogens is 1060 g/mol. The molecule has 0 radical (unpaired) electrons. The lowest BCUT2D eigenvalue weighted by Gasteiger charge is -1.99. The lowest BCUT2D eigenvalue weighted by Crippen LogP contribution is -2.12. The van der Waals surface area contributed by atoms with Crippen molar-refractivity contribution in [2.75, 3.05) is 0 Å². The summed E-state index contributed by atoms with van der Waals surface area (Å²) in [6.07, 6.45) is 0. The summed E-state index contributed by atoms with van der Waals surface area (Å²) < 4.78 is 36.2. The summed E-state index contributed by atoms with van der Waals surface area (Å²) in [4.78, 5) is 29.0. The highest BCUT2D eigenvalue weighted by molar-refractivity contribution is 6.05. The molecule has 8 aromatic heterocycles. The van der Waals surface area contributed by atoms with Crippen molar-refractivity contribution in [3.05, 3.63) is 193 Å². The first-order valence-corrected chi connectivity index (χ1v) is 25.3. The molecule has 0 saturated heterocycles. The third-order valence-electron chi connectivity index (χ3n) is 13.5. The highest BCUT2D eigenvalue weighted by Crippen LogP contribution is 2.42. The lowest BCUT2D eigenvalue weighted by molar-refractivity contribution is 0.318. The zero-order valence-electron chi connectivity index (χ0n) is 42.8. The molecule has 11 N–H and O–H groups in total. The van der Waals surface area contributed by atoms with Crippen LogP contribution in [0.2, 0.25) is 0 Å². The number of nitrogens with one attached hydrogen (secondary N) is 4. The third kappa shape index (κ3) is 9.26. The molecule has 0 aliphatic carbocycles. The highest BCUT2D eigenvalue weighted by Gasteiger charge is 2.23. The molecule has 0 unspecified atom stereocenters. The van der Waals surface area contributed by atoms with E-state index in [0.717, 1.165) is 27.5 Å². The number of nitriles is 1. The predicted molar refractivity (Wildman–Crippen MR) is 309 cm³/mol. The van der Waals surface area contributed by atoms with E-state index in [2.05, 4.69) is 51.1 Å². The molecule has 0 aliphatic heterocycles. The maximum Gasteiger partial charge on any atom is 0.233 e. The Labute approximate surface area is 464 Å². The summed E-state index contributed by atoms with van der Waals surface area (Å²) in [7, 11) is 0. The molecule has 0 amide bonds. The fraction of sp³-hybridized carbons (Fsp3) is 0. The van der Waals surface area contributed by atoms with Crippen molar-refractivity contribution in [1.82, 2.24) is 39.9 Å². The van der Waals surface area contributed by atoms with Gasteiger partial charge in [0.2, 0.25) is 47.1 Å². The number of oxazole rings is 4. The number of rotatable bonds is 5. The number of hydrogen-bond acceptors (Lipinski definition) is 15. The van der Waals surface area contributed by atoms with E-state index in [0.29, 0.717) is 112 Å². The van der Waals surface area contributed by atoms with Gasteiger partial charge in [-0.15, -0.1) is 0 Å². The minimum Gasteiger partial charge on any atom is -0.494 e. The molecule has 0 saturated carbocycles. The molecule has 83 heavy (non-hydrogen) atoms. The number of aromatic hydroxyl groups is 4. The van der Waals surface area contributed by atoms with Gasteiger partial charge in [0.15, 0.2) is 28.2 Å². The number of halogens is 1.